The van der Waals surface area contributed by atoms with Crippen LogP contribution >= 0.6 is 22.9 Å². The second-order valence-electron chi connectivity index (χ2n) is 7.25. The smallest absolute Gasteiger partial charge is 0.339 e. The Kier molecular flexibility index (Phi) is 7.97. The van der Waals surface area contributed by atoms with E-state index < -0.39 is 11.9 Å². The van der Waals surface area contributed by atoms with Crippen molar-refractivity contribution in [1.29, 1.82) is 0 Å². The lowest BCUT2D eigenvalue weighted by atomic mass is 10.2. The molecule has 7 nitrogen and oxygen atoms in total. The quantitative estimate of drug-likeness (QED) is 0.269. The van der Waals surface area contributed by atoms with E-state index >= 15 is 0 Å². The van der Waals surface area contributed by atoms with Gasteiger partial charge in [0.25, 0.3) is 5.91 Å². The van der Waals surface area contributed by atoms with Crippen molar-refractivity contribution in [2.75, 3.05) is 19.0 Å². The fraction of sp³-hybridized carbons (Fsp3) is 0.115. The van der Waals surface area contributed by atoms with Gasteiger partial charge in [-0.05, 0) is 47.8 Å². The third kappa shape index (κ3) is 6.38. The van der Waals surface area contributed by atoms with Gasteiger partial charge in [-0.3, -0.25) is 4.79 Å². The van der Waals surface area contributed by atoms with E-state index in [1.165, 1.54) is 30.3 Å². The van der Waals surface area contributed by atoms with Gasteiger partial charge in [-0.25, -0.2) is 9.78 Å². The van der Waals surface area contributed by atoms with Gasteiger partial charge >= 0.3 is 5.97 Å². The predicted molar refractivity (Wildman–Crippen MR) is 135 cm³/mol. The summed E-state index contributed by atoms with van der Waals surface area (Å²) in [5.74, 6) is 0.680. The van der Waals surface area contributed by atoms with Crippen LogP contribution in [0.3, 0.4) is 0 Å². The Hall–Kier alpha value is -3.88. The molecule has 2 aromatic carbocycles. The number of amides is 1. The van der Waals surface area contributed by atoms with E-state index in [-0.39, 0.29) is 11.4 Å². The Morgan fingerprint density at radius 3 is 2.63 bits per heavy atom. The number of hydrogen-bond acceptors (Lipinski definition) is 7. The minimum absolute atomic E-state index is 0.283. The third-order valence-electron chi connectivity index (χ3n) is 4.87. The number of thiophene rings is 1. The van der Waals surface area contributed by atoms with Crippen LogP contribution < -0.4 is 14.8 Å². The van der Waals surface area contributed by atoms with Gasteiger partial charge in [0.2, 0.25) is 0 Å². The highest BCUT2D eigenvalue weighted by Crippen LogP contribution is 2.33. The zero-order valence-electron chi connectivity index (χ0n) is 18.7. The van der Waals surface area contributed by atoms with Crippen LogP contribution in [0.25, 0.3) is 0 Å². The van der Waals surface area contributed by atoms with Gasteiger partial charge in [-0.2, -0.15) is 0 Å². The molecular formula is C26H21ClN2O5S. The maximum absolute atomic E-state index is 12.9. The van der Waals surface area contributed by atoms with Gasteiger partial charge in [0.15, 0.2) is 0 Å². The van der Waals surface area contributed by atoms with Crippen molar-refractivity contribution in [2.24, 2.45) is 0 Å². The molecule has 0 aliphatic heterocycles. The Labute approximate surface area is 211 Å². The van der Waals surface area contributed by atoms with Crippen LogP contribution in [-0.2, 0) is 11.2 Å². The number of esters is 1. The SMILES string of the molecule is COC(=O)c1ccc(NC(=O)c2ccccc2Oc2ccc(Cl)c(OCCc3cccs3)c2)nc1. The molecule has 178 valence electrons. The van der Waals surface area contributed by atoms with E-state index in [0.717, 1.165) is 6.42 Å². The lowest BCUT2D eigenvalue weighted by molar-refractivity contribution is 0.0600. The number of methoxy groups -OCH3 is 1. The van der Waals surface area contributed by atoms with Crippen molar-refractivity contribution in [3.63, 3.8) is 0 Å². The molecule has 0 aliphatic rings. The molecule has 0 bridgehead atoms. The number of aromatic nitrogens is 1. The number of benzene rings is 2. The number of para-hydroxylation sites is 1. The fourth-order valence-corrected chi connectivity index (χ4v) is 4.00. The molecule has 0 radical (unpaired) electrons. The zero-order chi connectivity index (χ0) is 24.6. The normalized spacial score (nSPS) is 10.5. The average molecular weight is 509 g/mol. The fourth-order valence-electron chi connectivity index (χ4n) is 3.13. The second kappa shape index (κ2) is 11.5. The molecule has 2 heterocycles. The summed E-state index contributed by atoms with van der Waals surface area (Å²) >= 11 is 7.97. The summed E-state index contributed by atoms with van der Waals surface area (Å²) in [7, 11) is 1.29. The first-order valence-corrected chi connectivity index (χ1v) is 11.9. The number of pyridine rings is 1. The maximum atomic E-state index is 12.9. The van der Waals surface area contributed by atoms with Gasteiger partial charge in [-0.1, -0.05) is 29.8 Å². The number of nitrogens with zero attached hydrogens (tertiary/aromatic N) is 1. The van der Waals surface area contributed by atoms with Crippen molar-refractivity contribution in [3.05, 3.63) is 99.3 Å². The molecule has 4 rings (SSSR count). The van der Waals surface area contributed by atoms with Crippen LogP contribution in [0.2, 0.25) is 5.02 Å². The van der Waals surface area contributed by atoms with E-state index in [2.05, 4.69) is 21.1 Å². The summed E-state index contributed by atoms with van der Waals surface area (Å²) < 4.78 is 16.5. The number of carbonyl (C=O) groups is 2. The highest BCUT2D eigenvalue weighted by atomic mass is 35.5. The molecule has 0 atom stereocenters. The predicted octanol–water partition coefficient (Wildman–Crippen LogP) is 6.25. The van der Waals surface area contributed by atoms with Crippen LogP contribution in [0.15, 0.2) is 78.3 Å². The van der Waals surface area contributed by atoms with Crippen molar-refractivity contribution >= 4 is 40.6 Å². The molecule has 1 amide bonds. The minimum atomic E-state index is -0.507. The molecule has 0 spiro atoms. The summed E-state index contributed by atoms with van der Waals surface area (Å²) in [5, 5.41) is 5.20. The first-order valence-electron chi connectivity index (χ1n) is 10.6. The van der Waals surface area contributed by atoms with Gasteiger partial charge in [-0.15, -0.1) is 11.3 Å². The second-order valence-corrected chi connectivity index (χ2v) is 8.69. The van der Waals surface area contributed by atoms with Crippen molar-refractivity contribution in [1.82, 2.24) is 4.98 Å². The number of anilines is 1. The molecular weight excluding hydrogens is 488 g/mol. The molecule has 0 unspecified atom stereocenters. The number of nitrogens with one attached hydrogen (secondary N) is 1. The van der Waals surface area contributed by atoms with E-state index in [4.69, 9.17) is 21.1 Å². The molecule has 0 saturated carbocycles. The van der Waals surface area contributed by atoms with Crippen LogP contribution in [0.1, 0.15) is 25.6 Å². The molecule has 0 aliphatic carbocycles. The van der Waals surface area contributed by atoms with Gasteiger partial charge in [0.1, 0.15) is 23.1 Å². The monoisotopic (exact) mass is 508 g/mol. The molecule has 35 heavy (non-hydrogen) atoms. The number of halogens is 1. The average Bonchev–Trinajstić information content (AvgIpc) is 3.40. The van der Waals surface area contributed by atoms with Crippen LogP contribution in [0.4, 0.5) is 5.82 Å². The molecule has 9 heteroatoms. The summed E-state index contributed by atoms with van der Waals surface area (Å²) in [6.45, 7) is 0.477. The van der Waals surface area contributed by atoms with Gasteiger partial charge < -0.3 is 19.5 Å². The molecule has 4 aromatic rings. The molecule has 0 saturated heterocycles. The van der Waals surface area contributed by atoms with E-state index in [9.17, 15) is 9.59 Å². The van der Waals surface area contributed by atoms with E-state index in [1.807, 2.05) is 11.4 Å². The lowest BCUT2D eigenvalue weighted by Crippen LogP contribution is -2.14. The van der Waals surface area contributed by atoms with E-state index in [0.29, 0.717) is 34.4 Å². The highest BCUT2D eigenvalue weighted by molar-refractivity contribution is 7.09. The van der Waals surface area contributed by atoms with Crippen LogP contribution in [0, 0.1) is 0 Å². The van der Waals surface area contributed by atoms with Crippen molar-refractivity contribution < 1.29 is 23.8 Å². The van der Waals surface area contributed by atoms with Gasteiger partial charge in [0, 0.05) is 23.6 Å². The lowest BCUT2D eigenvalue weighted by Gasteiger charge is -2.13. The number of carbonyl (C=O) groups excluding carboxylic acids is 2. The number of ether oxygens (including phenoxy) is 3. The molecule has 1 N–H and O–H groups in total. The number of rotatable bonds is 9. The molecule has 2 aromatic heterocycles. The summed E-state index contributed by atoms with van der Waals surface area (Å²) in [5.41, 5.74) is 0.590. The first kappa shape index (κ1) is 24.3. The van der Waals surface area contributed by atoms with Crippen LogP contribution in [-0.4, -0.2) is 30.6 Å². The molecule has 0 fully saturated rings. The Bertz CT molecular complexity index is 1310. The summed E-state index contributed by atoms with van der Waals surface area (Å²) in [6, 6.07) is 19.0. The third-order valence-corrected chi connectivity index (χ3v) is 6.12. The highest BCUT2D eigenvalue weighted by Gasteiger charge is 2.15. The summed E-state index contributed by atoms with van der Waals surface area (Å²) in [6.07, 6.45) is 2.11. The standard InChI is InChI=1S/C26H21ClN2O5S/c1-32-26(31)17-8-11-24(28-16-17)29-25(30)20-6-2-3-7-22(20)34-18-9-10-21(27)23(15-18)33-13-12-19-5-4-14-35-19/h2-11,14-16H,12-13H2,1H3,(H,28,29,30). The minimum Gasteiger partial charge on any atom is -0.492 e. The maximum Gasteiger partial charge on any atom is 0.339 e. The van der Waals surface area contributed by atoms with E-state index in [1.54, 1.807) is 53.8 Å². The zero-order valence-corrected chi connectivity index (χ0v) is 20.3. The Balaban J connectivity index is 1.45. The number of hydrogen-bond donors (Lipinski definition) is 1. The Morgan fingerprint density at radius 2 is 1.89 bits per heavy atom. The van der Waals surface area contributed by atoms with Crippen molar-refractivity contribution in [3.8, 4) is 17.2 Å². The van der Waals surface area contributed by atoms with Crippen LogP contribution in [0.5, 0.6) is 17.2 Å². The Morgan fingerprint density at radius 1 is 1.03 bits per heavy atom. The first-order chi connectivity index (χ1) is 17.0. The largest absolute Gasteiger partial charge is 0.492 e. The summed E-state index contributed by atoms with van der Waals surface area (Å²) in [4.78, 5) is 29.8. The topological polar surface area (TPSA) is 86.8 Å². The van der Waals surface area contributed by atoms with Crippen molar-refractivity contribution in [2.45, 2.75) is 6.42 Å². The van der Waals surface area contributed by atoms with Gasteiger partial charge in [0.05, 0.1) is 29.9 Å².